The molecule has 3 saturated carbocycles. The molecule has 4 unspecified atom stereocenters. The van der Waals surface area contributed by atoms with Crippen molar-refractivity contribution in [2.45, 2.75) is 31.8 Å². The zero-order valence-electron chi connectivity index (χ0n) is 10.7. The van der Waals surface area contributed by atoms with E-state index in [1.165, 1.54) is 25.5 Å². The number of carboxylic acid groups (broad SMARTS) is 1. The summed E-state index contributed by atoms with van der Waals surface area (Å²) < 4.78 is 1.60. The predicted molar refractivity (Wildman–Crippen MR) is 66.6 cm³/mol. The SMILES string of the molecule is O=C(O)c1cn(CCNC2C3C4CCC(C4)C23)nn1. The zero-order valence-corrected chi connectivity index (χ0v) is 10.7. The maximum absolute atomic E-state index is 10.7. The Hall–Kier alpha value is -1.43. The fourth-order valence-electron chi connectivity index (χ4n) is 4.45. The quantitative estimate of drug-likeness (QED) is 0.812. The predicted octanol–water partition coefficient (Wildman–Crippen LogP) is 0.610. The van der Waals surface area contributed by atoms with Gasteiger partial charge in [-0.2, -0.15) is 0 Å². The van der Waals surface area contributed by atoms with E-state index in [2.05, 4.69) is 15.6 Å². The number of hydrogen-bond donors (Lipinski definition) is 2. The van der Waals surface area contributed by atoms with Gasteiger partial charge in [-0.1, -0.05) is 5.21 Å². The number of aromatic carboxylic acids is 1. The maximum Gasteiger partial charge on any atom is 0.358 e. The molecule has 0 amide bonds. The Labute approximate surface area is 111 Å². The van der Waals surface area contributed by atoms with Crippen LogP contribution in [0.5, 0.6) is 0 Å². The van der Waals surface area contributed by atoms with Crippen molar-refractivity contribution in [3.8, 4) is 0 Å². The van der Waals surface area contributed by atoms with E-state index in [4.69, 9.17) is 5.11 Å². The van der Waals surface area contributed by atoms with Crippen LogP contribution < -0.4 is 5.32 Å². The molecule has 102 valence electrons. The van der Waals surface area contributed by atoms with Gasteiger partial charge in [0.05, 0.1) is 12.7 Å². The fraction of sp³-hybridized carbons (Fsp3) is 0.769. The Kier molecular flexibility index (Phi) is 2.42. The highest BCUT2D eigenvalue weighted by Crippen LogP contribution is 2.65. The highest BCUT2D eigenvalue weighted by molar-refractivity contribution is 5.84. The zero-order chi connectivity index (χ0) is 13.0. The minimum absolute atomic E-state index is 0.0151. The van der Waals surface area contributed by atoms with Crippen LogP contribution >= 0.6 is 0 Å². The second-order valence-corrected chi connectivity index (χ2v) is 6.14. The standard InChI is InChI=1S/C13H18N4O2/c18-13(19)9-6-17(16-15-9)4-3-14-12-10-7-1-2-8(5-7)11(10)12/h6-8,10-12,14H,1-5H2,(H,18,19). The van der Waals surface area contributed by atoms with Crippen LogP contribution in [-0.4, -0.2) is 38.7 Å². The van der Waals surface area contributed by atoms with Crippen molar-refractivity contribution in [3.05, 3.63) is 11.9 Å². The topological polar surface area (TPSA) is 80.0 Å². The van der Waals surface area contributed by atoms with Crippen molar-refractivity contribution < 1.29 is 9.90 Å². The fourth-order valence-corrected chi connectivity index (χ4v) is 4.45. The Morgan fingerprint density at radius 3 is 2.79 bits per heavy atom. The molecule has 6 heteroatoms. The highest BCUT2D eigenvalue weighted by atomic mass is 16.4. The van der Waals surface area contributed by atoms with Gasteiger partial charge in [-0.15, -0.1) is 5.10 Å². The van der Waals surface area contributed by atoms with Gasteiger partial charge in [-0.05, 0) is 42.9 Å². The summed E-state index contributed by atoms with van der Waals surface area (Å²) in [5.41, 5.74) is 0.0151. The van der Waals surface area contributed by atoms with Crippen molar-refractivity contribution in [1.82, 2.24) is 20.3 Å². The normalized spacial score (nSPS) is 38.4. The first kappa shape index (κ1) is 11.4. The third-order valence-electron chi connectivity index (χ3n) is 5.21. The molecule has 2 bridgehead atoms. The van der Waals surface area contributed by atoms with Gasteiger partial charge in [0.1, 0.15) is 0 Å². The second kappa shape index (κ2) is 4.03. The molecule has 4 rings (SSSR count). The summed E-state index contributed by atoms with van der Waals surface area (Å²) in [6.07, 6.45) is 5.84. The van der Waals surface area contributed by atoms with Crippen molar-refractivity contribution >= 4 is 5.97 Å². The van der Waals surface area contributed by atoms with Crippen LogP contribution in [0.3, 0.4) is 0 Å². The van der Waals surface area contributed by atoms with E-state index in [1.807, 2.05) is 0 Å². The molecule has 4 atom stereocenters. The molecule has 6 nitrogen and oxygen atoms in total. The molecule has 0 aliphatic heterocycles. The molecule has 0 spiro atoms. The Bertz CT molecular complexity index is 498. The molecular formula is C13H18N4O2. The van der Waals surface area contributed by atoms with E-state index in [9.17, 15) is 4.79 Å². The lowest BCUT2D eigenvalue weighted by molar-refractivity contribution is 0.0690. The number of carboxylic acids is 1. The first-order valence-electron chi connectivity index (χ1n) is 7.11. The molecule has 1 aromatic rings. The highest BCUT2D eigenvalue weighted by Gasteiger charge is 2.64. The summed E-state index contributed by atoms with van der Waals surface area (Å²) in [6, 6.07) is 0.716. The Morgan fingerprint density at radius 1 is 1.42 bits per heavy atom. The van der Waals surface area contributed by atoms with E-state index in [1.54, 1.807) is 4.68 Å². The number of hydrogen-bond acceptors (Lipinski definition) is 4. The molecule has 1 aromatic heterocycles. The van der Waals surface area contributed by atoms with Crippen molar-refractivity contribution in [2.75, 3.05) is 6.54 Å². The van der Waals surface area contributed by atoms with Crippen LogP contribution in [0.25, 0.3) is 0 Å². The van der Waals surface area contributed by atoms with E-state index < -0.39 is 5.97 Å². The lowest BCUT2D eigenvalue weighted by Crippen LogP contribution is -2.26. The number of fused-ring (bicyclic) bond motifs is 5. The third kappa shape index (κ3) is 1.77. The summed E-state index contributed by atoms with van der Waals surface area (Å²) in [5, 5.41) is 19.8. The molecular weight excluding hydrogens is 244 g/mol. The second-order valence-electron chi connectivity index (χ2n) is 6.14. The smallest absolute Gasteiger partial charge is 0.358 e. The van der Waals surface area contributed by atoms with Gasteiger partial charge in [-0.25, -0.2) is 4.79 Å². The van der Waals surface area contributed by atoms with Crippen LogP contribution in [0.2, 0.25) is 0 Å². The molecule has 3 fully saturated rings. The first-order valence-corrected chi connectivity index (χ1v) is 7.11. The van der Waals surface area contributed by atoms with E-state index in [0.29, 0.717) is 12.6 Å². The van der Waals surface area contributed by atoms with Crippen LogP contribution in [0.1, 0.15) is 29.8 Å². The van der Waals surface area contributed by atoms with Gasteiger partial charge in [0.2, 0.25) is 0 Å². The molecule has 0 saturated heterocycles. The van der Waals surface area contributed by atoms with Gasteiger partial charge in [0, 0.05) is 12.6 Å². The van der Waals surface area contributed by atoms with Crippen LogP contribution in [0, 0.1) is 23.7 Å². The molecule has 3 aliphatic carbocycles. The van der Waals surface area contributed by atoms with Gasteiger partial charge in [0.15, 0.2) is 5.69 Å². The largest absolute Gasteiger partial charge is 0.476 e. The maximum atomic E-state index is 10.7. The monoisotopic (exact) mass is 262 g/mol. The summed E-state index contributed by atoms with van der Waals surface area (Å²) in [7, 11) is 0. The van der Waals surface area contributed by atoms with Gasteiger partial charge < -0.3 is 10.4 Å². The van der Waals surface area contributed by atoms with E-state index in [-0.39, 0.29) is 5.69 Å². The van der Waals surface area contributed by atoms with Crippen molar-refractivity contribution in [1.29, 1.82) is 0 Å². The lowest BCUT2D eigenvalue weighted by atomic mass is 10.0. The number of aromatic nitrogens is 3. The summed E-state index contributed by atoms with van der Waals surface area (Å²) in [5.74, 6) is 2.82. The van der Waals surface area contributed by atoms with E-state index >= 15 is 0 Å². The van der Waals surface area contributed by atoms with Crippen LogP contribution in [0.15, 0.2) is 6.20 Å². The minimum atomic E-state index is -1.02. The van der Waals surface area contributed by atoms with E-state index in [0.717, 1.165) is 30.2 Å². The van der Waals surface area contributed by atoms with Gasteiger partial charge in [-0.3, -0.25) is 4.68 Å². The lowest BCUT2D eigenvalue weighted by Gasteiger charge is -2.10. The number of rotatable bonds is 5. The Balaban J connectivity index is 1.27. The number of nitrogens with zero attached hydrogens (tertiary/aromatic N) is 3. The third-order valence-corrected chi connectivity index (χ3v) is 5.21. The van der Waals surface area contributed by atoms with Crippen molar-refractivity contribution in [2.24, 2.45) is 23.7 Å². The average Bonchev–Trinajstić information content (AvgIpc) is 2.81. The summed E-state index contributed by atoms with van der Waals surface area (Å²) >= 11 is 0. The molecule has 3 aliphatic rings. The molecule has 0 radical (unpaired) electrons. The number of carbonyl (C=O) groups is 1. The van der Waals surface area contributed by atoms with Crippen LogP contribution in [0.4, 0.5) is 0 Å². The molecule has 2 N–H and O–H groups in total. The molecule has 1 heterocycles. The summed E-state index contributed by atoms with van der Waals surface area (Å²) in [4.78, 5) is 10.7. The number of nitrogens with one attached hydrogen (secondary N) is 1. The van der Waals surface area contributed by atoms with Crippen LogP contribution in [-0.2, 0) is 6.54 Å². The van der Waals surface area contributed by atoms with Gasteiger partial charge >= 0.3 is 5.97 Å². The minimum Gasteiger partial charge on any atom is -0.476 e. The first-order chi connectivity index (χ1) is 9.24. The average molecular weight is 262 g/mol. The molecule has 19 heavy (non-hydrogen) atoms. The van der Waals surface area contributed by atoms with Gasteiger partial charge in [0.25, 0.3) is 0 Å². The van der Waals surface area contributed by atoms with Crippen molar-refractivity contribution in [3.63, 3.8) is 0 Å². The summed E-state index contributed by atoms with van der Waals surface area (Å²) in [6.45, 7) is 1.53. The Morgan fingerprint density at radius 2 is 2.16 bits per heavy atom. The molecule has 0 aromatic carbocycles.